The summed E-state index contributed by atoms with van der Waals surface area (Å²) in [7, 11) is 0. The van der Waals surface area contributed by atoms with Crippen molar-refractivity contribution in [2.75, 3.05) is 13.1 Å². The van der Waals surface area contributed by atoms with Gasteiger partial charge in [0.25, 0.3) is 5.56 Å². The van der Waals surface area contributed by atoms with Gasteiger partial charge in [0.15, 0.2) is 0 Å². The standard InChI is InChI=1S/C19H24N2O2/c1-13-8-10-21(11-9-13)17(22)7-6-16-12-15-5-3-4-14(2)18(15)20-19(16)23/h3-5,12-13H,6-11H2,1-2H3,(H,20,23). The van der Waals surface area contributed by atoms with Gasteiger partial charge in [-0.15, -0.1) is 0 Å². The normalized spacial score (nSPS) is 16.0. The average molecular weight is 312 g/mol. The molecule has 0 aliphatic carbocycles. The SMILES string of the molecule is Cc1cccc2cc(CCC(=O)N3CCC(C)CC3)c(=O)[nH]c12. The third kappa shape index (κ3) is 3.46. The molecule has 4 nitrogen and oxygen atoms in total. The zero-order chi connectivity index (χ0) is 16.4. The van der Waals surface area contributed by atoms with Gasteiger partial charge in [0.2, 0.25) is 5.91 Å². The number of carbonyl (C=O) groups is 1. The predicted octanol–water partition coefficient (Wildman–Crippen LogP) is 3.03. The minimum atomic E-state index is -0.0770. The van der Waals surface area contributed by atoms with Crippen LogP contribution in [0.5, 0.6) is 0 Å². The van der Waals surface area contributed by atoms with E-state index in [4.69, 9.17) is 0 Å². The number of pyridine rings is 1. The molecule has 2 heterocycles. The lowest BCUT2D eigenvalue weighted by atomic mass is 9.98. The number of rotatable bonds is 3. The fourth-order valence-electron chi connectivity index (χ4n) is 3.27. The van der Waals surface area contributed by atoms with Crippen LogP contribution in [-0.2, 0) is 11.2 Å². The van der Waals surface area contributed by atoms with Crippen LogP contribution in [0.3, 0.4) is 0 Å². The van der Waals surface area contributed by atoms with Crippen molar-refractivity contribution in [1.29, 1.82) is 0 Å². The van der Waals surface area contributed by atoms with E-state index >= 15 is 0 Å². The van der Waals surface area contributed by atoms with E-state index in [0.29, 0.717) is 24.3 Å². The molecule has 3 rings (SSSR count). The Hall–Kier alpha value is -2.10. The Morgan fingerprint density at radius 2 is 2.04 bits per heavy atom. The zero-order valence-electron chi connectivity index (χ0n) is 13.9. The van der Waals surface area contributed by atoms with E-state index in [1.54, 1.807) is 0 Å². The van der Waals surface area contributed by atoms with E-state index in [2.05, 4.69) is 11.9 Å². The van der Waals surface area contributed by atoms with E-state index in [0.717, 1.165) is 42.4 Å². The molecule has 1 saturated heterocycles. The Kier molecular flexibility index (Phi) is 4.51. The highest BCUT2D eigenvalue weighted by Gasteiger charge is 2.20. The van der Waals surface area contributed by atoms with Crippen LogP contribution >= 0.6 is 0 Å². The van der Waals surface area contributed by atoms with Gasteiger partial charge in [0, 0.05) is 25.1 Å². The van der Waals surface area contributed by atoms with E-state index in [9.17, 15) is 9.59 Å². The molecule has 4 heteroatoms. The smallest absolute Gasteiger partial charge is 0.251 e. The van der Waals surface area contributed by atoms with Crippen LogP contribution in [0.1, 0.15) is 37.3 Å². The average Bonchev–Trinajstić information content (AvgIpc) is 2.54. The van der Waals surface area contributed by atoms with Gasteiger partial charge in [0.1, 0.15) is 0 Å². The summed E-state index contributed by atoms with van der Waals surface area (Å²) in [6.07, 6.45) is 3.09. The minimum Gasteiger partial charge on any atom is -0.343 e. The van der Waals surface area contributed by atoms with Gasteiger partial charge in [-0.2, -0.15) is 0 Å². The number of aryl methyl sites for hydroxylation is 2. The first-order chi connectivity index (χ1) is 11.0. The van der Waals surface area contributed by atoms with Crippen molar-refractivity contribution in [2.45, 2.75) is 39.5 Å². The topological polar surface area (TPSA) is 53.2 Å². The highest BCUT2D eigenvalue weighted by molar-refractivity contribution is 5.82. The number of carbonyl (C=O) groups excluding carboxylic acids is 1. The molecule has 23 heavy (non-hydrogen) atoms. The molecule has 1 aliphatic rings. The molecule has 122 valence electrons. The number of nitrogens with zero attached hydrogens (tertiary/aromatic N) is 1. The van der Waals surface area contributed by atoms with Gasteiger partial charge in [-0.05, 0) is 49.1 Å². The van der Waals surface area contributed by atoms with Crippen LogP contribution < -0.4 is 5.56 Å². The molecule has 2 aromatic rings. The van der Waals surface area contributed by atoms with E-state index in [1.807, 2.05) is 36.1 Å². The molecule has 0 unspecified atom stereocenters. The number of hydrogen-bond acceptors (Lipinski definition) is 2. The van der Waals surface area contributed by atoms with Crippen molar-refractivity contribution in [3.63, 3.8) is 0 Å². The minimum absolute atomic E-state index is 0.0770. The van der Waals surface area contributed by atoms with E-state index in [1.165, 1.54) is 0 Å². The maximum Gasteiger partial charge on any atom is 0.251 e. The van der Waals surface area contributed by atoms with Gasteiger partial charge in [-0.1, -0.05) is 25.1 Å². The molecular formula is C19H24N2O2. The molecule has 0 spiro atoms. The molecule has 1 aromatic heterocycles. The van der Waals surface area contributed by atoms with Crippen molar-refractivity contribution >= 4 is 16.8 Å². The Morgan fingerprint density at radius 3 is 2.78 bits per heavy atom. The van der Waals surface area contributed by atoms with Crippen LogP contribution in [0, 0.1) is 12.8 Å². The quantitative estimate of drug-likeness (QED) is 0.947. The Balaban J connectivity index is 1.71. The third-order valence-corrected chi connectivity index (χ3v) is 4.91. The fourth-order valence-corrected chi connectivity index (χ4v) is 3.27. The molecule has 0 radical (unpaired) electrons. The lowest BCUT2D eigenvalue weighted by Gasteiger charge is -2.30. The summed E-state index contributed by atoms with van der Waals surface area (Å²) in [6, 6.07) is 7.89. The summed E-state index contributed by atoms with van der Waals surface area (Å²) >= 11 is 0. The second-order valence-electron chi connectivity index (χ2n) is 6.73. The molecule has 1 fully saturated rings. The highest BCUT2D eigenvalue weighted by Crippen LogP contribution is 2.18. The largest absolute Gasteiger partial charge is 0.343 e. The van der Waals surface area contributed by atoms with E-state index in [-0.39, 0.29) is 11.5 Å². The predicted molar refractivity (Wildman–Crippen MR) is 92.6 cm³/mol. The van der Waals surface area contributed by atoms with Crippen molar-refractivity contribution < 1.29 is 4.79 Å². The second kappa shape index (κ2) is 6.57. The van der Waals surface area contributed by atoms with Gasteiger partial charge in [-0.3, -0.25) is 9.59 Å². The number of hydrogen-bond donors (Lipinski definition) is 1. The number of likely N-dealkylation sites (tertiary alicyclic amines) is 1. The summed E-state index contributed by atoms with van der Waals surface area (Å²) in [4.78, 5) is 29.5. The maximum absolute atomic E-state index is 12.3. The maximum atomic E-state index is 12.3. The summed E-state index contributed by atoms with van der Waals surface area (Å²) in [5.74, 6) is 0.881. The number of amides is 1. The van der Waals surface area contributed by atoms with Crippen LogP contribution in [-0.4, -0.2) is 28.9 Å². The highest BCUT2D eigenvalue weighted by atomic mass is 16.2. The second-order valence-corrected chi connectivity index (χ2v) is 6.73. The first-order valence-electron chi connectivity index (χ1n) is 8.44. The van der Waals surface area contributed by atoms with Crippen molar-refractivity contribution in [2.24, 2.45) is 5.92 Å². The molecule has 1 N–H and O–H groups in total. The van der Waals surface area contributed by atoms with Gasteiger partial charge >= 0.3 is 0 Å². The summed E-state index contributed by atoms with van der Waals surface area (Å²) in [5, 5.41) is 1.03. The van der Waals surface area contributed by atoms with Crippen LogP contribution in [0.4, 0.5) is 0 Å². The molecule has 0 saturated carbocycles. The van der Waals surface area contributed by atoms with Crippen molar-refractivity contribution in [1.82, 2.24) is 9.88 Å². The number of aromatic amines is 1. The molecular weight excluding hydrogens is 288 g/mol. The number of H-pyrrole nitrogens is 1. The Labute approximate surface area is 136 Å². The number of para-hydroxylation sites is 1. The molecule has 0 atom stereocenters. The van der Waals surface area contributed by atoms with Crippen LogP contribution in [0.25, 0.3) is 10.9 Å². The fraction of sp³-hybridized carbons (Fsp3) is 0.474. The third-order valence-electron chi connectivity index (χ3n) is 4.91. The van der Waals surface area contributed by atoms with E-state index < -0.39 is 0 Å². The molecule has 1 amide bonds. The lowest BCUT2D eigenvalue weighted by molar-refractivity contribution is -0.132. The number of fused-ring (bicyclic) bond motifs is 1. The summed E-state index contributed by atoms with van der Waals surface area (Å²) in [5.41, 5.74) is 2.57. The molecule has 0 bridgehead atoms. The van der Waals surface area contributed by atoms with Crippen LogP contribution in [0.15, 0.2) is 29.1 Å². The number of piperidine rings is 1. The lowest BCUT2D eigenvalue weighted by Crippen LogP contribution is -2.38. The van der Waals surface area contributed by atoms with Gasteiger partial charge in [0.05, 0.1) is 5.52 Å². The summed E-state index contributed by atoms with van der Waals surface area (Å²) < 4.78 is 0. The van der Waals surface area contributed by atoms with Crippen molar-refractivity contribution in [3.05, 3.63) is 45.7 Å². The summed E-state index contributed by atoms with van der Waals surface area (Å²) in [6.45, 7) is 5.93. The zero-order valence-corrected chi connectivity index (χ0v) is 13.9. The van der Waals surface area contributed by atoms with Crippen molar-refractivity contribution in [3.8, 4) is 0 Å². The first kappa shape index (κ1) is 15.8. The Bertz CT molecular complexity index is 771. The van der Waals surface area contributed by atoms with Gasteiger partial charge in [-0.25, -0.2) is 0 Å². The molecule has 1 aromatic carbocycles. The Morgan fingerprint density at radius 1 is 1.30 bits per heavy atom. The number of nitrogens with one attached hydrogen (secondary N) is 1. The number of aromatic nitrogens is 1. The van der Waals surface area contributed by atoms with Crippen LogP contribution in [0.2, 0.25) is 0 Å². The van der Waals surface area contributed by atoms with Gasteiger partial charge < -0.3 is 9.88 Å². The number of benzene rings is 1. The molecule has 1 aliphatic heterocycles. The monoisotopic (exact) mass is 312 g/mol. The first-order valence-corrected chi connectivity index (χ1v) is 8.44.